The van der Waals surface area contributed by atoms with Crippen molar-refractivity contribution >= 4 is 11.9 Å². The normalized spacial score (nSPS) is 21.2. The van der Waals surface area contributed by atoms with Crippen molar-refractivity contribution < 1.29 is 34.8 Å². The number of allylic oxidation sites excluding steroid dienone is 4. The smallest absolute Gasteiger partial charge is 0.331 e. The second kappa shape index (κ2) is 11.1. The number of ether oxygens (including phenoxy) is 1. The van der Waals surface area contributed by atoms with Crippen LogP contribution in [0.1, 0.15) is 86.5 Å². The summed E-state index contributed by atoms with van der Waals surface area (Å²) in [5.74, 6) is -1.58. The van der Waals surface area contributed by atoms with Gasteiger partial charge >= 0.3 is 5.97 Å². The van der Waals surface area contributed by atoms with Gasteiger partial charge in [-0.05, 0) is 77.1 Å². The van der Waals surface area contributed by atoms with Crippen LogP contribution in [0.5, 0.6) is 17.2 Å². The molecule has 0 bridgehead atoms. The minimum absolute atomic E-state index is 0.0120. The van der Waals surface area contributed by atoms with Crippen LogP contribution in [0.15, 0.2) is 53.6 Å². The SMILES string of the molecule is CC(C)=CCCC(C)=CCCC1(C)Oc2c(c(O)cc3c2CN([C@@H](C(=O)O)c2ccc(O)cc2)C3=O)CC1O. The van der Waals surface area contributed by atoms with Crippen LogP contribution in [0, 0.1) is 0 Å². The van der Waals surface area contributed by atoms with Crippen molar-refractivity contribution in [3.05, 3.63) is 75.9 Å². The molecule has 8 heteroatoms. The molecule has 0 saturated carbocycles. The third kappa shape index (κ3) is 5.81. The predicted octanol–water partition coefficient (Wildman–Crippen LogP) is 5.41. The van der Waals surface area contributed by atoms with E-state index in [1.54, 1.807) is 0 Å². The number of aliphatic hydroxyl groups is 1. The van der Waals surface area contributed by atoms with Gasteiger partial charge in [-0.15, -0.1) is 0 Å². The molecule has 4 rings (SSSR count). The average Bonchev–Trinajstić information content (AvgIpc) is 3.17. The Kier molecular flexibility index (Phi) is 8.07. The van der Waals surface area contributed by atoms with Gasteiger partial charge in [-0.2, -0.15) is 0 Å². The van der Waals surface area contributed by atoms with Crippen molar-refractivity contribution in [1.82, 2.24) is 4.90 Å². The number of amides is 1. The zero-order chi connectivity index (χ0) is 28.5. The molecule has 0 fully saturated rings. The lowest BCUT2D eigenvalue weighted by atomic mass is 9.84. The second-order valence-electron chi connectivity index (χ2n) is 11.0. The van der Waals surface area contributed by atoms with E-state index in [2.05, 4.69) is 32.9 Å². The molecule has 0 aromatic heterocycles. The van der Waals surface area contributed by atoms with Crippen molar-refractivity contribution in [1.29, 1.82) is 0 Å². The molecule has 2 aliphatic rings. The molecule has 2 aromatic rings. The second-order valence-corrected chi connectivity index (χ2v) is 11.0. The Morgan fingerprint density at radius 1 is 1.13 bits per heavy atom. The fourth-order valence-electron chi connectivity index (χ4n) is 5.34. The number of nitrogens with zero attached hydrogens (tertiary/aromatic N) is 1. The zero-order valence-electron chi connectivity index (χ0n) is 22.9. The number of benzene rings is 2. The summed E-state index contributed by atoms with van der Waals surface area (Å²) in [6.45, 7) is 8.05. The summed E-state index contributed by atoms with van der Waals surface area (Å²) in [4.78, 5) is 26.9. The van der Waals surface area contributed by atoms with Crippen LogP contribution in [0.2, 0.25) is 0 Å². The molecule has 2 heterocycles. The molecule has 2 aromatic carbocycles. The van der Waals surface area contributed by atoms with Crippen LogP contribution in [0.3, 0.4) is 0 Å². The minimum atomic E-state index is -1.29. The van der Waals surface area contributed by atoms with Gasteiger partial charge in [0, 0.05) is 17.5 Å². The number of aromatic hydroxyl groups is 2. The molecule has 0 saturated heterocycles. The van der Waals surface area contributed by atoms with E-state index in [1.807, 2.05) is 6.92 Å². The third-order valence-electron chi connectivity index (χ3n) is 7.70. The van der Waals surface area contributed by atoms with E-state index in [-0.39, 0.29) is 30.0 Å². The Morgan fingerprint density at radius 3 is 2.46 bits per heavy atom. The number of phenols is 2. The molecule has 3 atom stereocenters. The number of carboxylic acids is 1. The molecule has 0 spiro atoms. The quantitative estimate of drug-likeness (QED) is 0.316. The highest BCUT2D eigenvalue weighted by Gasteiger charge is 2.46. The maximum absolute atomic E-state index is 13.4. The summed E-state index contributed by atoms with van der Waals surface area (Å²) in [7, 11) is 0. The van der Waals surface area contributed by atoms with E-state index < -0.39 is 29.6 Å². The van der Waals surface area contributed by atoms with E-state index in [4.69, 9.17) is 4.74 Å². The third-order valence-corrected chi connectivity index (χ3v) is 7.70. The van der Waals surface area contributed by atoms with Gasteiger partial charge in [-0.3, -0.25) is 4.79 Å². The highest BCUT2D eigenvalue weighted by Crippen LogP contribution is 2.47. The van der Waals surface area contributed by atoms with Gasteiger partial charge in [0.2, 0.25) is 0 Å². The summed E-state index contributed by atoms with van der Waals surface area (Å²) in [5, 5.41) is 41.4. The first-order valence-electron chi connectivity index (χ1n) is 13.3. The Morgan fingerprint density at radius 2 is 1.82 bits per heavy atom. The van der Waals surface area contributed by atoms with Crippen molar-refractivity contribution in [2.45, 2.75) is 84.1 Å². The highest BCUT2D eigenvalue weighted by atomic mass is 16.5. The van der Waals surface area contributed by atoms with Gasteiger partial charge in [0.15, 0.2) is 6.04 Å². The van der Waals surface area contributed by atoms with Crippen molar-refractivity contribution in [3.8, 4) is 17.2 Å². The summed E-state index contributed by atoms with van der Waals surface area (Å²) in [6.07, 6.45) is 6.80. The van der Waals surface area contributed by atoms with Gasteiger partial charge in [-0.25, -0.2) is 4.79 Å². The molecule has 2 aliphatic heterocycles. The predicted molar refractivity (Wildman–Crippen MR) is 147 cm³/mol. The van der Waals surface area contributed by atoms with Gasteiger partial charge < -0.3 is 30.1 Å². The number of fused-ring (bicyclic) bond motifs is 3. The van der Waals surface area contributed by atoms with Crippen LogP contribution in [-0.2, 0) is 17.8 Å². The van der Waals surface area contributed by atoms with Crippen LogP contribution in [0.25, 0.3) is 0 Å². The highest BCUT2D eigenvalue weighted by molar-refractivity contribution is 6.02. The molecule has 39 heavy (non-hydrogen) atoms. The largest absolute Gasteiger partial charge is 0.508 e. The standard InChI is InChI=1S/C31H37NO7/c1-18(2)7-5-8-19(3)9-6-14-31(4)26(35)16-23-25(34)15-22-24(28(23)39-31)17-32(29(22)36)27(30(37)38)20-10-12-21(33)13-11-20/h7,9-13,15,26-27,33-35H,5-6,8,14,16-17H2,1-4H3,(H,37,38)/t26?,27-,31?/m1/s1. The molecule has 208 valence electrons. The molecule has 0 aliphatic carbocycles. The lowest BCUT2D eigenvalue weighted by Gasteiger charge is -2.41. The number of carbonyl (C=O) groups excluding carboxylic acids is 1. The Hall–Kier alpha value is -3.78. The fraction of sp³-hybridized carbons (Fsp3) is 0.419. The first-order valence-corrected chi connectivity index (χ1v) is 13.3. The molecular formula is C31H37NO7. The van der Waals surface area contributed by atoms with Crippen LogP contribution < -0.4 is 4.74 Å². The number of aliphatic hydroxyl groups excluding tert-OH is 1. The molecule has 1 amide bonds. The lowest BCUT2D eigenvalue weighted by molar-refractivity contribution is -0.142. The molecule has 4 N–H and O–H groups in total. The number of carbonyl (C=O) groups is 2. The average molecular weight is 536 g/mol. The first kappa shape index (κ1) is 28.2. The topological polar surface area (TPSA) is 128 Å². The Balaban J connectivity index is 1.59. The number of hydrogen-bond acceptors (Lipinski definition) is 6. The fourth-order valence-corrected chi connectivity index (χ4v) is 5.34. The van der Waals surface area contributed by atoms with E-state index >= 15 is 0 Å². The van der Waals surface area contributed by atoms with E-state index in [0.717, 1.165) is 12.8 Å². The summed E-state index contributed by atoms with van der Waals surface area (Å²) >= 11 is 0. The number of aliphatic carboxylic acids is 1. The van der Waals surface area contributed by atoms with Crippen LogP contribution in [-0.4, -0.2) is 48.9 Å². The molecule has 8 nitrogen and oxygen atoms in total. The van der Waals surface area contributed by atoms with Gasteiger partial charge in [0.05, 0.1) is 18.2 Å². The first-order chi connectivity index (χ1) is 18.4. The molecule has 0 radical (unpaired) electrons. The number of carboxylic acid groups (broad SMARTS) is 1. The Labute approximate surface area is 228 Å². The van der Waals surface area contributed by atoms with Gasteiger partial charge in [0.25, 0.3) is 5.91 Å². The Bertz CT molecular complexity index is 1320. The summed E-state index contributed by atoms with van der Waals surface area (Å²) < 4.78 is 6.40. The maximum Gasteiger partial charge on any atom is 0.331 e. The van der Waals surface area contributed by atoms with E-state index in [9.17, 15) is 30.0 Å². The van der Waals surface area contributed by atoms with E-state index in [0.29, 0.717) is 35.3 Å². The molecular weight excluding hydrogens is 498 g/mol. The molecule has 2 unspecified atom stereocenters. The van der Waals surface area contributed by atoms with E-state index in [1.165, 1.54) is 46.4 Å². The number of rotatable bonds is 9. The monoisotopic (exact) mass is 535 g/mol. The maximum atomic E-state index is 13.4. The van der Waals surface area contributed by atoms with Gasteiger partial charge in [-0.1, -0.05) is 35.4 Å². The van der Waals surface area contributed by atoms with Gasteiger partial charge in [0.1, 0.15) is 22.8 Å². The van der Waals surface area contributed by atoms with Crippen LogP contribution in [0.4, 0.5) is 0 Å². The minimum Gasteiger partial charge on any atom is -0.508 e. The summed E-state index contributed by atoms with van der Waals surface area (Å²) in [5.41, 5.74) is 3.04. The van der Waals surface area contributed by atoms with Crippen molar-refractivity contribution in [2.24, 2.45) is 0 Å². The summed E-state index contributed by atoms with van der Waals surface area (Å²) in [6, 6.07) is 5.74. The number of phenolic OH excluding ortho intramolecular Hbond substituents is 2. The number of hydrogen-bond donors (Lipinski definition) is 4. The van der Waals surface area contributed by atoms with Crippen molar-refractivity contribution in [3.63, 3.8) is 0 Å². The van der Waals surface area contributed by atoms with Crippen LogP contribution >= 0.6 is 0 Å². The van der Waals surface area contributed by atoms with Crippen molar-refractivity contribution in [2.75, 3.05) is 0 Å². The zero-order valence-corrected chi connectivity index (χ0v) is 22.9. The lowest BCUT2D eigenvalue weighted by Crippen LogP contribution is -2.49.